The van der Waals surface area contributed by atoms with Gasteiger partial charge in [0.2, 0.25) is 0 Å². The lowest BCUT2D eigenvalue weighted by Gasteiger charge is -2.19. The summed E-state index contributed by atoms with van der Waals surface area (Å²) in [5.41, 5.74) is 1.36. The van der Waals surface area contributed by atoms with Crippen LogP contribution in [-0.2, 0) is 0 Å². The Hall–Kier alpha value is -2.21. The highest BCUT2D eigenvalue weighted by Gasteiger charge is 2.15. The van der Waals surface area contributed by atoms with E-state index in [4.69, 9.17) is 5.11 Å². The second-order valence-electron chi connectivity index (χ2n) is 4.84. The van der Waals surface area contributed by atoms with Gasteiger partial charge in [-0.1, -0.05) is 19.1 Å². The summed E-state index contributed by atoms with van der Waals surface area (Å²) in [6.45, 7) is 3.80. The molecule has 0 spiro atoms. The van der Waals surface area contributed by atoms with Crippen molar-refractivity contribution in [2.24, 2.45) is 5.92 Å². The summed E-state index contributed by atoms with van der Waals surface area (Å²) in [7, 11) is 0. The Morgan fingerprint density at radius 2 is 2.25 bits per heavy atom. The van der Waals surface area contributed by atoms with Crippen molar-refractivity contribution in [3.63, 3.8) is 0 Å². The van der Waals surface area contributed by atoms with Crippen LogP contribution >= 0.6 is 0 Å². The third-order valence-electron chi connectivity index (χ3n) is 3.31. The summed E-state index contributed by atoms with van der Waals surface area (Å²) in [5.74, 6) is 0.465. The Bertz CT molecular complexity index is 568. The number of amides is 1. The lowest BCUT2D eigenvalue weighted by atomic mass is 10.0. The molecule has 6 heteroatoms. The quantitative estimate of drug-likeness (QED) is 0.764. The number of benzene rings is 1. The Morgan fingerprint density at radius 1 is 1.45 bits per heavy atom. The number of H-pyrrole nitrogens is 1. The third-order valence-corrected chi connectivity index (χ3v) is 3.31. The highest BCUT2D eigenvalue weighted by molar-refractivity contribution is 5.95. The van der Waals surface area contributed by atoms with Crippen molar-refractivity contribution < 1.29 is 9.90 Å². The van der Waals surface area contributed by atoms with Gasteiger partial charge < -0.3 is 10.4 Å². The molecule has 6 nitrogen and oxygen atoms in total. The van der Waals surface area contributed by atoms with Crippen molar-refractivity contribution in [2.45, 2.75) is 19.9 Å². The molecule has 3 N–H and O–H groups in total. The van der Waals surface area contributed by atoms with Crippen LogP contribution in [0.4, 0.5) is 0 Å². The van der Waals surface area contributed by atoms with Gasteiger partial charge in [-0.2, -0.15) is 5.10 Å². The Balaban J connectivity index is 2.13. The summed E-state index contributed by atoms with van der Waals surface area (Å²) in [6.07, 6.45) is 1.42. The van der Waals surface area contributed by atoms with E-state index in [0.29, 0.717) is 11.4 Å². The van der Waals surface area contributed by atoms with Gasteiger partial charge in [-0.15, -0.1) is 0 Å². The van der Waals surface area contributed by atoms with E-state index < -0.39 is 0 Å². The first-order valence-electron chi connectivity index (χ1n) is 6.49. The normalized spacial score (nSPS) is 13.8. The first kappa shape index (κ1) is 14.2. The molecule has 2 rings (SSSR count). The topological polar surface area (TPSA) is 90.9 Å². The van der Waals surface area contributed by atoms with Gasteiger partial charge in [0.1, 0.15) is 6.33 Å². The second-order valence-corrected chi connectivity index (χ2v) is 4.84. The largest absolute Gasteiger partial charge is 0.396 e. The molecule has 1 aromatic heterocycles. The van der Waals surface area contributed by atoms with Crippen molar-refractivity contribution in [2.75, 3.05) is 6.61 Å². The maximum atomic E-state index is 12.2. The molecule has 1 aromatic carbocycles. The number of carbonyl (C=O) groups is 1. The molecule has 2 atom stereocenters. The molecular formula is C14H18N4O2. The maximum absolute atomic E-state index is 12.2. The molecular weight excluding hydrogens is 256 g/mol. The van der Waals surface area contributed by atoms with Crippen molar-refractivity contribution in [1.29, 1.82) is 0 Å². The van der Waals surface area contributed by atoms with Gasteiger partial charge in [0.15, 0.2) is 5.82 Å². The minimum Gasteiger partial charge on any atom is -0.396 e. The number of nitrogens with one attached hydrogen (secondary N) is 2. The Morgan fingerprint density at radius 3 is 2.90 bits per heavy atom. The molecule has 2 aromatic rings. The molecule has 0 fully saturated rings. The molecule has 0 saturated heterocycles. The smallest absolute Gasteiger partial charge is 0.251 e. The van der Waals surface area contributed by atoms with Crippen LogP contribution in [-0.4, -0.2) is 38.8 Å². The number of hydrogen-bond donors (Lipinski definition) is 3. The van der Waals surface area contributed by atoms with Crippen LogP contribution in [0.1, 0.15) is 24.2 Å². The van der Waals surface area contributed by atoms with E-state index in [1.54, 1.807) is 18.2 Å². The molecule has 0 aliphatic carbocycles. The number of carbonyl (C=O) groups excluding carboxylic acids is 1. The molecule has 2 unspecified atom stereocenters. The van der Waals surface area contributed by atoms with E-state index in [-0.39, 0.29) is 24.5 Å². The SMILES string of the molecule is CC(CO)C(C)NC(=O)c1cccc(-c2ncn[nH]2)c1. The number of aliphatic hydroxyl groups is 1. The van der Waals surface area contributed by atoms with E-state index in [1.807, 2.05) is 19.9 Å². The highest BCUT2D eigenvalue weighted by Crippen LogP contribution is 2.15. The van der Waals surface area contributed by atoms with Gasteiger partial charge in [-0.25, -0.2) is 4.98 Å². The molecule has 0 radical (unpaired) electrons. The molecule has 1 amide bonds. The zero-order chi connectivity index (χ0) is 14.5. The van der Waals surface area contributed by atoms with Gasteiger partial charge in [0.25, 0.3) is 5.91 Å². The summed E-state index contributed by atoms with van der Waals surface area (Å²) in [4.78, 5) is 16.2. The molecule has 0 bridgehead atoms. The van der Waals surface area contributed by atoms with Crippen LogP contribution in [0.2, 0.25) is 0 Å². The van der Waals surface area contributed by atoms with Crippen LogP contribution < -0.4 is 5.32 Å². The zero-order valence-corrected chi connectivity index (χ0v) is 11.5. The van der Waals surface area contributed by atoms with E-state index in [2.05, 4.69) is 20.5 Å². The molecule has 0 aliphatic rings. The average Bonchev–Trinajstić information content (AvgIpc) is 3.00. The van der Waals surface area contributed by atoms with E-state index >= 15 is 0 Å². The third kappa shape index (κ3) is 3.21. The van der Waals surface area contributed by atoms with Crippen LogP contribution in [0, 0.1) is 5.92 Å². The van der Waals surface area contributed by atoms with Crippen molar-refractivity contribution in [3.8, 4) is 11.4 Å². The van der Waals surface area contributed by atoms with E-state index in [0.717, 1.165) is 5.56 Å². The van der Waals surface area contributed by atoms with Crippen LogP contribution in [0.15, 0.2) is 30.6 Å². The first-order valence-corrected chi connectivity index (χ1v) is 6.49. The van der Waals surface area contributed by atoms with Gasteiger partial charge in [0.05, 0.1) is 0 Å². The summed E-state index contributed by atoms with van der Waals surface area (Å²) in [5, 5.41) is 18.5. The van der Waals surface area contributed by atoms with Gasteiger partial charge in [-0.05, 0) is 25.0 Å². The minimum absolute atomic E-state index is 0.0106. The van der Waals surface area contributed by atoms with Crippen LogP contribution in [0.5, 0.6) is 0 Å². The fourth-order valence-electron chi connectivity index (χ4n) is 1.74. The number of aliphatic hydroxyl groups excluding tert-OH is 1. The first-order chi connectivity index (χ1) is 9.61. The monoisotopic (exact) mass is 274 g/mol. The minimum atomic E-state index is -0.167. The fraction of sp³-hybridized carbons (Fsp3) is 0.357. The van der Waals surface area contributed by atoms with Gasteiger partial charge in [0, 0.05) is 23.8 Å². The molecule has 0 saturated carbocycles. The zero-order valence-electron chi connectivity index (χ0n) is 11.5. The van der Waals surface area contributed by atoms with Crippen molar-refractivity contribution >= 4 is 5.91 Å². The van der Waals surface area contributed by atoms with Crippen LogP contribution in [0.25, 0.3) is 11.4 Å². The predicted octanol–water partition coefficient (Wildman–Crippen LogP) is 1.22. The van der Waals surface area contributed by atoms with Gasteiger partial charge >= 0.3 is 0 Å². The fourth-order valence-corrected chi connectivity index (χ4v) is 1.74. The Labute approximate surface area is 117 Å². The number of hydrogen-bond acceptors (Lipinski definition) is 4. The predicted molar refractivity (Wildman–Crippen MR) is 75.0 cm³/mol. The molecule has 20 heavy (non-hydrogen) atoms. The summed E-state index contributed by atoms with van der Waals surface area (Å²) >= 11 is 0. The Kier molecular flexibility index (Phi) is 4.47. The summed E-state index contributed by atoms with van der Waals surface area (Å²) < 4.78 is 0. The number of aromatic nitrogens is 3. The highest BCUT2D eigenvalue weighted by atomic mass is 16.3. The standard InChI is InChI=1S/C14H18N4O2/c1-9(7-19)10(2)17-14(20)12-5-3-4-11(6-12)13-15-8-16-18-13/h3-6,8-10,19H,7H2,1-2H3,(H,17,20)(H,15,16,18). The van der Waals surface area contributed by atoms with Crippen molar-refractivity contribution in [3.05, 3.63) is 36.2 Å². The number of rotatable bonds is 5. The molecule has 1 heterocycles. The maximum Gasteiger partial charge on any atom is 0.251 e. The molecule has 106 valence electrons. The molecule has 0 aliphatic heterocycles. The second kappa shape index (κ2) is 6.29. The number of nitrogens with zero attached hydrogens (tertiary/aromatic N) is 2. The summed E-state index contributed by atoms with van der Waals surface area (Å²) in [6, 6.07) is 7.06. The lowest BCUT2D eigenvalue weighted by Crippen LogP contribution is -2.38. The lowest BCUT2D eigenvalue weighted by molar-refractivity contribution is 0.0916. The van der Waals surface area contributed by atoms with Crippen molar-refractivity contribution in [1.82, 2.24) is 20.5 Å². The van der Waals surface area contributed by atoms with Crippen LogP contribution in [0.3, 0.4) is 0 Å². The van der Waals surface area contributed by atoms with E-state index in [9.17, 15) is 4.79 Å². The number of aromatic amines is 1. The average molecular weight is 274 g/mol. The van der Waals surface area contributed by atoms with E-state index in [1.165, 1.54) is 6.33 Å². The van der Waals surface area contributed by atoms with Gasteiger partial charge in [-0.3, -0.25) is 9.89 Å².